The molecule has 0 amide bonds. The molecule has 5 nitrogen and oxygen atoms in total. The van der Waals surface area contributed by atoms with Crippen molar-refractivity contribution in [3.63, 3.8) is 0 Å². The van der Waals surface area contributed by atoms with Crippen molar-refractivity contribution in [1.29, 1.82) is 0 Å². The van der Waals surface area contributed by atoms with Crippen LogP contribution in [0.1, 0.15) is 15.9 Å². The number of hydrogen-bond acceptors (Lipinski definition) is 5. The van der Waals surface area contributed by atoms with E-state index in [9.17, 15) is 4.79 Å². The molecule has 1 aromatic carbocycles. The number of carbonyl (C=O) groups excluding carboxylic acids is 1. The molecular formula is C11H15NO4. The van der Waals surface area contributed by atoms with Crippen LogP contribution in [0.4, 0.5) is 5.69 Å². The van der Waals surface area contributed by atoms with E-state index in [1.54, 1.807) is 6.92 Å². The Morgan fingerprint density at radius 2 is 1.75 bits per heavy atom. The molecule has 0 aromatic heterocycles. The fourth-order valence-electron chi connectivity index (χ4n) is 1.53. The topological polar surface area (TPSA) is 70.8 Å². The lowest BCUT2D eigenvalue weighted by Gasteiger charge is -2.15. The van der Waals surface area contributed by atoms with Gasteiger partial charge < -0.3 is 19.9 Å². The number of anilines is 1. The minimum absolute atomic E-state index is 0.338. The molecule has 2 N–H and O–H groups in total. The first-order valence-corrected chi connectivity index (χ1v) is 4.66. The van der Waals surface area contributed by atoms with E-state index < -0.39 is 5.97 Å². The predicted molar refractivity (Wildman–Crippen MR) is 60.0 cm³/mol. The molecule has 1 aromatic rings. The number of ether oxygens (including phenoxy) is 3. The van der Waals surface area contributed by atoms with Gasteiger partial charge in [0, 0.05) is 5.56 Å². The van der Waals surface area contributed by atoms with E-state index in [4.69, 9.17) is 15.2 Å². The highest BCUT2D eigenvalue weighted by molar-refractivity contribution is 5.94. The average Bonchev–Trinajstić information content (AvgIpc) is 2.29. The maximum absolute atomic E-state index is 11.5. The van der Waals surface area contributed by atoms with E-state index in [0.717, 1.165) is 0 Å². The van der Waals surface area contributed by atoms with Crippen molar-refractivity contribution in [3.05, 3.63) is 17.2 Å². The Morgan fingerprint density at radius 1 is 1.19 bits per heavy atom. The highest BCUT2D eigenvalue weighted by atomic mass is 16.5. The van der Waals surface area contributed by atoms with Gasteiger partial charge in [-0.3, -0.25) is 0 Å². The molecule has 1 rings (SSSR count). The zero-order chi connectivity index (χ0) is 12.3. The van der Waals surface area contributed by atoms with Gasteiger partial charge in [0.05, 0.1) is 32.6 Å². The Bertz CT molecular complexity index is 415. The summed E-state index contributed by atoms with van der Waals surface area (Å²) in [6.07, 6.45) is 0. The summed E-state index contributed by atoms with van der Waals surface area (Å²) >= 11 is 0. The number of rotatable bonds is 3. The van der Waals surface area contributed by atoms with E-state index in [0.29, 0.717) is 28.3 Å². The third kappa shape index (κ3) is 1.88. The number of carbonyl (C=O) groups is 1. The lowest BCUT2D eigenvalue weighted by molar-refractivity contribution is 0.0599. The van der Waals surface area contributed by atoms with Gasteiger partial charge in [0.15, 0.2) is 11.5 Å². The molecular weight excluding hydrogens is 210 g/mol. The van der Waals surface area contributed by atoms with Crippen LogP contribution in [0.5, 0.6) is 11.5 Å². The number of benzene rings is 1. The van der Waals surface area contributed by atoms with Crippen molar-refractivity contribution in [2.24, 2.45) is 0 Å². The Kier molecular flexibility index (Phi) is 3.60. The summed E-state index contributed by atoms with van der Waals surface area (Å²) in [7, 11) is 4.30. The van der Waals surface area contributed by atoms with Crippen LogP contribution in [0, 0.1) is 6.92 Å². The van der Waals surface area contributed by atoms with Gasteiger partial charge in [-0.25, -0.2) is 4.79 Å². The van der Waals surface area contributed by atoms with Crippen LogP contribution in [0.3, 0.4) is 0 Å². The van der Waals surface area contributed by atoms with Gasteiger partial charge in [0.25, 0.3) is 0 Å². The molecule has 0 aliphatic rings. The van der Waals surface area contributed by atoms with Gasteiger partial charge in [0.1, 0.15) is 0 Å². The third-order valence-electron chi connectivity index (χ3n) is 2.33. The van der Waals surface area contributed by atoms with Gasteiger partial charge in [-0.15, -0.1) is 0 Å². The summed E-state index contributed by atoms with van der Waals surface area (Å²) in [5.41, 5.74) is 7.11. The zero-order valence-corrected chi connectivity index (χ0v) is 9.79. The van der Waals surface area contributed by atoms with Crippen molar-refractivity contribution in [3.8, 4) is 11.5 Å². The van der Waals surface area contributed by atoms with E-state index in [-0.39, 0.29) is 0 Å². The molecule has 0 fully saturated rings. The number of methoxy groups -OCH3 is 3. The Labute approximate surface area is 94.1 Å². The fraction of sp³-hybridized carbons (Fsp3) is 0.364. The Balaban J connectivity index is 3.45. The van der Waals surface area contributed by atoms with Gasteiger partial charge in [0.2, 0.25) is 0 Å². The van der Waals surface area contributed by atoms with Crippen LogP contribution in [0.15, 0.2) is 6.07 Å². The first kappa shape index (κ1) is 12.2. The standard InChI is InChI=1S/C11H15NO4/c1-6-7(11(13)16-4)5-8(12)10(15-3)9(6)14-2/h5H,12H2,1-4H3. The summed E-state index contributed by atoms with van der Waals surface area (Å²) in [5, 5.41) is 0. The molecule has 0 spiro atoms. The Morgan fingerprint density at radius 3 is 2.19 bits per heavy atom. The monoisotopic (exact) mass is 225 g/mol. The first-order chi connectivity index (χ1) is 7.56. The fourth-order valence-corrected chi connectivity index (χ4v) is 1.53. The second-order valence-electron chi connectivity index (χ2n) is 3.20. The normalized spacial score (nSPS) is 9.75. The molecule has 0 saturated carbocycles. The van der Waals surface area contributed by atoms with Crippen LogP contribution in [-0.2, 0) is 4.74 Å². The van der Waals surface area contributed by atoms with Crippen molar-refractivity contribution in [2.75, 3.05) is 27.1 Å². The van der Waals surface area contributed by atoms with E-state index in [1.165, 1.54) is 27.4 Å². The van der Waals surface area contributed by atoms with Crippen molar-refractivity contribution < 1.29 is 19.0 Å². The van der Waals surface area contributed by atoms with Crippen molar-refractivity contribution in [1.82, 2.24) is 0 Å². The van der Waals surface area contributed by atoms with Crippen LogP contribution >= 0.6 is 0 Å². The molecule has 0 atom stereocenters. The molecule has 0 saturated heterocycles. The summed E-state index contributed by atoms with van der Waals surface area (Å²) in [6, 6.07) is 1.52. The molecule has 0 aliphatic heterocycles. The first-order valence-electron chi connectivity index (χ1n) is 4.66. The minimum atomic E-state index is -0.454. The van der Waals surface area contributed by atoms with E-state index >= 15 is 0 Å². The molecule has 16 heavy (non-hydrogen) atoms. The lowest BCUT2D eigenvalue weighted by Crippen LogP contribution is -2.08. The third-order valence-corrected chi connectivity index (χ3v) is 2.33. The van der Waals surface area contributed by atoms with Crippen LogP contribution in [0.2, 0.25) is 0 Å². The van der Waals surface area contributed by atoms with Crippen molar-refractivity contribution in [2.45, 2.75) is 6.92 Å². The van der Waals surface area contributed by atoms with Gasteiger partial charge >= 0.3 is 5.97 Å². The van der Waals surface area contributed by atoms with Gasteiger partial charge in [-0.2, -0.15) is 0 Å². The molecule has 0 unspecified atom stereocenters. The summed E-state index contributed by atoms with van der Waals surface area (Å²) in [4.78, 5) is 11.5. The van der Waals surface area contributed by atoms with Crippen LogP contribution < -0.4 is 15.2 Å². The molecule has 88 valence electrons. The lowest BCUT2D eigenvalue weighted by atomic mass is 10.1. The number of nitrogens with two attached hydrogens (primary N) is 1. The van der Waals surface area contributed by atoms with E-state index in [2.05, 4.69) is 4.74 Å². The molecule has 0 radical (unpaired) electrons. The summed E-state index contributed by atoms with van der Waals surface area (Å²) in [6.45, 7) is 1.74. The summed E-state index contributed by atoms with van der Waals surface area (Å²) in [5.74, 6) is 0.417. The van der Waals surface area contributed by atoms with Crippen LogP contribution in [0.25, 0.3) is 0 Å². The number of nitrogen functional groups attached to an aromatic ring is 1. The smallest absolute Gasteiger partial charge is 0.338 e. The zero-order valence-electron chi connectivity index (χ0n) is 9.79. The number of esters is 1. The maximum atomic E-state index is 11.5. The predicted octanol–water partition coefficient (Wildman–Crippen LogP) is 1.38. The minimum Gasteiger partial charge on any atom is -0.492 e. The highest BCUT2D eigenvalue weighted by Crippen LogP contribution is 2.38. The quantitative estimate of drug-likeness (QED) is 0.621. The van der Waals surface area contributed by atoms with E-state index in [1.807, 2.05) is 0 Å². The molecule has 0 aliphatic carbocycles. The molecule has 0 heterocycles. The highest BCUT2D eigenvalue weighted by Gasteiger charge is 2.19. The largest absolute Gasteiger partial charge is 0.492 e. The Hall–Kier alpha value is -1.91. The maximum Gasteiger partial charge on any atom is 0.338 e. The summed E-state index contributed by atoms with van der Waals surface area (Å²) < 4.78 is 14.9. The van der Waals surface area contributed by atoms with Gasteiger partial charge in [-0.1, -0.05) is 0 Å². The second kappa shape index (κ2) is 4.74. The SMILES string of the molecule is COC(=O)c1cc(N)c(OC)c(OC)c1C. The van der Waals surface area contributed by atoms with Gasteiger partial charge in [-0.05, 0) is 13.0 Å². The number of hydrogen-bond donors (Lipinski definition) is 1. The molecule has 0 bridgehead atoms. The average molecular weight is 225 g/mol. The van der Waals surface area contributed by atoms with Crippen LogP contribution in [-0.4, -0.2) is 27.3 Å². The van der Waals surface area contributed by atoms with Crippen molar-refractivity contribution >= 4 is 11.7 Å². The second-order valence-corrected chi connectivity index (χ2v) is 3.20. The molecule has 5 heteroatoms.